The normalized spacial score (nSPS) is 22.9. The maximum atomic E-state index is 4.13. The van der Waals surface area contributed by atoms with Crippen LogP contribution < -0.4 is 10.6 Å². The van der Waals surface area contributed by atoms with E-state index in [1.165, 1.54) is 24.9 Å². The molecule has 2 rings (SSSR count). The van der Waals surface area contributed by atoms with Crippen LogP contribution in [0.2, 0.25) is 0 Å². The fraction of sp³-hybridized carbons (Fsp3) is 0.583. The molecule has 1 aromatic rings. The van der Waals surface area contributed by atoms with Gasteiger partial charge < -0.3 is 10.6 Å². The van der Waals surface area contributed by atoms with Gasteiger partial charge in [-0.15, -0.1) is 0 Å². The average molecular weight is 205 g/mol. The minimum absolute atomic E-state index is 0.390. The molecular formula is C12H19N3. The van der Waals surface area contributed by atoms with Gasteiger partial charge in [0.05, 0.1) is 0 Å². The standard InChI is InChI=1S/C12H19N3/c1-10(11-4-2-6-13-8-11)15-9-12-5-3-7-14-12/h2,4,6,8,10,12,14-15H,3,5,7,9H2,1H3/t10-,12?/m0/s1. The van der Waals surface area contributed by atoms with Crippen molar-refractivity contribution >= 4 is 0 Å². The van der Waals surface area contributed by atoms with Crippen LogP contribution in [0.4, 0.5) is 0 Å². The van der Waals surface area contributed by atoms with Gasteiger partial charge in [-0.3, -0.25) is 4.98 Å². The van der Waals surface area contributed by atoms with Crippen LogP contribution in [0.15, 0.2) is 24.5 Å². The maximum absolute atomic E-state index is 4.13. The lowest BCUT2D eigenvalue weighted by molar-refractivity contribution is 0.489. The summed E-state index contributed by atoms with van der Waals surface area (Å²) in [7, 11) is 0. The molecule has 1 aromatic heterocycles. The Morgan fingerprint density at radius 1 is 1.67 bits per heavy atom. The van der Waals surface area contributed by atoms with Crippen LogP contribution in [-0.2, 0) is 0 Å². The van der Waals surface area contributed by atoms with Gasteiger partial charge in [0, 0.05) is 31.0 Å². The predicted molar refractivity (Wildman–Crippen MR) is 61.7 cm³/mol. The highest BCUT2D eigenvalue weighted by molar-refractivity contribution is 5.12. The summed E-state index contributed by atoms with van der Waals surface area (Å²) in [6.07, 6.45) is 6.36. The number of nitrogens with one attached hydrogen (secondary N) is 2. The molecule has 2 atom stereocenters. The number of nitrogens with zero attached hydrogens (tertiary/aromatic N) is 1. The van der Waals surface area contributed by atoms with E-state index in [-0.39, 0.29) is 0 Å². The molecule has 1 unspecified atom stereocenters. The van der Waals surface area contributed by atoms with E-state index in [2.05, 4.69) is 28.6 Å². The Bertz CT molecular complexity index is 280. The third-order valence-electron chi connectivity index (χ3n) is 3.02. The second kappa shape index (κ2) is 5.24. The monoisotopic (exact) mass is 205 g/mol. The molecule has 0 bridgehead atoms. The van der Waals surface area contributed by atoms with Crippen molar-refractivity contribution in [1.82, 2.24) is 15.6 Å². The highest BCUT2D eigenvalue weighted by atomic mass is 15.0. The molecule has 82 valence electrons. The zero-order chi connectivity index (χ0) is 10.5. The van der Waals surface area contributed by atoms with Crippen molar-refractivity contribution in [2.24, 2.45) is 0 Å². The zero-order valence-electron chi connectivity index (χ0n) is 9.24. The van der Waals surface area contributed by atoms with Gasteiger partial charge in [-0.2, -0.15) is 0 Å². The van der Waals surface area contributed by atoms with E-state index in [4.69, 9.17) is 0 Å². The highest BCUT2D eigenvalue weighted by Crippen LogP contribution is 2.11. The molecule has 2 N–H and O–H groups in total. The van der Waals surface area contributed by atoms with Gasteiger partial charge in [-0.25, -0.2) is 0 Å². The van der Waals surface area contributed by atoms with Crippen molar-refractivity contribution in [1.29, 1.82) is 0 Å². The SMILES string of the molecule is C[C@H](NCC1CCCN1)c1cccnc1. The van der Waals surface area contributed by atoms with Crippen molar-refractivity contribution in [3.8, 4) is 0 Å². The Morgan fingerprint density at radius 2 is 2.60 bits per heavy atom. The quantitative estimate of drug-likeness (QED) is 0.782. The summed E-state index contributed by atoms with van der Waals surface area (Å²) in [6.45, 7) is 4.41. The molecule has 0 radical (unpaired) electrons. The molecular weight excluding hydrogens is 186 g/mol. The van der Waals surface area contributed by atoms with Crippen molar-refractivity contribution < 1.29 is 0 Å². The van der Waals surface area contributed by atoms with Gasteiger partial charge in [-0.1, -0.05) is 6.07 Å². The highest BCUT2D eigenvalue weighted by Gasteiger charge is 2.14. The molecule has 15 heavy (non-hydrogen) atoms. The number of aromatic nitrogens is 1. The van der Waals surface area contributed by atoms with E-state index in [1.807, 2.05) is 18.5 Å². The number of pyridine rings is 1. The van der Waals surface area contributed by atoms with E-state index in [0.717, 1.165) is 6.54 Å². The van der Waals surface area contributed by atoms with Crippen LogP contribution in [0.5, 0.6) is 0 Å². The Hall–Kier alpha value is -0.930. The molecule has 3 heteroatoms. The molecule has 1 fully saturated rings. The van der Waals surface area contributed by atoms with Crippen LogP contribution in [0, 0.1) is 0 Å². The Morgan fingerprint density at radius 3 is 3.27 bits per heavy atom. The summed E-state index contributed by atoms with van der Waals surface area (Å²) in [5, 5.41) is 7.02. The van der Waals surface area contributed by atoms with Crippen LogP contribution in [0.3, 0.4) is 0 Å². The van der Waals surface area contributed by atoms with Crippen LogP contribution >= 0.6 is 0 Å². The summed E-state index contributed by atoms with van der Waals surface area (Å²) in [6, 6.07) is 5.15. The maximum Gasteiger partial charge on any atom is 0.0315 e. The molecule has 0 aromatic carbocycles. The van der Waals surface area contributed by atoms with Gasteiger partial charge in [0.2, 0.25) is 0 Å². The average Bonchev–Trinajstić information content (AvgIpc) is 2.80. The molecule has 1 saturated heterocycles. The summed E-state index contributed by atoms with van der Waals surface area (Å²) in [5.41, 5.74) is 1.26. The van der Waals surface area contributed by atoms with Gasteiger partial charge in [-0.05, 0) is 37.9 Å². The Balaban J connectivity index is 1.79. The lowest BCUT2D eigenvalue weighted by Gasteiger charge is -2.17. The fourth-order valence-electron chi connectivity index (χ4n) is 2.00. The Labute approximate surface area is 91.3 Å². The number of hydrogen-bond acceptors (Lipinski definition) is 3. The molecule has 3 nitrogen and oxygen atoms in total. The summed E-state index contributed by atoms with van der Waals surface area (Å²) >= 11 is 0. The third kappa shape index (κ3) is 3.01. The van der Waals surface area contributed by atoms with Gasteiger partial charge in [0.1, 0.15) is 0 Å². The van der Waals surface area contributed by atoms with Crippen molar-refractivity contribution in [2.45, 2.75) is 31.8 Å². The molecule has 1 aliphatic heterocycles. The molecule has 0 amide bonds. The lowest BCUT2D eigenvalue weighted by atomic mass is 10.1. The van der Waals surface area contributed by atoms with Crippen molar-refractivity contribution in [2.75, 3.05) is 13.1 Å². The molecule has 2 heterocycles. The third-order valence-corrected chi connectivity index (χ3v) is 3.02. The van der Waals surface area contributed by atoms with Gasteiger partial charge in [0.25, 0.3) is 0 Å². The largest absolute Gasteiger partial charge is 0.313 e. The van der Waals surface area contributed by atoms with Crippen LogP contribution in [-0.4, -0.2) is 24.1 Å². The number of hydrogen-bond donors (Lipinski definition) is 2. The zero-order valence-corrected chi connectivity index (χ0v) is 9.24. The van der Waals surface area contributed by atoms with Gasteiger partial charge in [0.15, 0.2) is 0 Å². The first-order valence-electron chi connectivity index (χ1n) is 5.73. The summed E-state index contributed by atoms with van der Waals surface area (Å²) in [5.74, 6) is 0. The first kappa shape index (κ1) is 10.6. The number of rotatable bonds is 4. The van der Waals surface area contributed by atoms with Gasteiger partial charge >= 0.3 is 0 Å². The molecule has 0 aliphatic carbocycles. The van der Waals surface area contributed by atoms with Crippen molar-refractivity contribution in [3.05, 3.63) is 30.1 Å². The summed E-state index contributed by atoms with van der Waals surface area (Å²) in [4.78, 5) is 4.13. The molecule has 1 aliphatic rings. The summed E-state index contributed by atoms with van der Waals surface area (Å²) < 4.78 is 0. The van der Waals surface area contributed by atoms with Crippen molar-refractivity contribution in [3.63, 3.8) is 0 Å². The van der Waals surface area contributed by atoms with E-state index in [1.54, 1.807) is 0 Å². The second-order valence-corrected chi connectivity index (χ2v) is 4.21. The van der Waals surface area contributed by atoms with E-state index >= 15 is 0 Å². The van der Waals surface area contributed by atoms with E-state index in [9.17, 15) is 0 Å². The minimum atomic E-state index is 0.390. The lowest BCUT2D eigenvalue weighted by Crippen LogP contribution is -2.35. The molecule has 0 saturated carbocycles. The van der Waals surface area contributed by atoms with E-state index in [0.29, 0.717) is 12.1 Å². The topological polar surface area (TPSA) is 37.0 Å². The fourth-order valence-corrected chi connectivity index (χ4v) is 2.00. The Kier molecular flexibility index (Phi) is 3.69. The first-order chi connectivity index (χ1) is 7.36. The molecule has 0 spiro atoms. The minimum Gasteiger partial charge on any atom is -0.313 e. The predicted octanol–water partition coefficient (Wildman–Crippen LogP) is 1.48. The smallest absolute Gasteiger partial charge is 0.0315 e. The first-order valence-corrected chi connectivity index (χ1v) is 5.73. The second-order valence-electron chi connectivity index (χ2n) is 4.21. The van der Waals surface area contributed by atoms with Crippen LogP contribution in [0.25, 0.3) is 0 Å². The van der Waals surface area contributed by atoms with E-state index < -0.39 is 0 Å². The van der Waals surface area contributed by atoms with Crippen LogP contribution in [0.1, 0.15) is 31.4 Å².